The summed E-state index contributed by atoms with van der Waals surface area (Å²) in [4.78, 5) is 34.8. The number of carbonyl (C=O) groups excluding carboxylic acids is 2. The van der Waals surface area contributed by atoms with E-state index in [2.05, 4.69) is 5.32 Å². The van der Waals surface area contributed by atoms with Crippen LogP contribution in [0.4, 0.5) is 0 Å². The Bertz CT molecular complexity index is 716. The van der Waals surface area contributed by atoms with Gasteiger partial charge in [-0.3, -0.25) is 18.9 Å². The summed E-state index contributed by atoms with van der Waals surface area (Å²) in [7, 11) is -4.66. The number of benzene rings is 1. The third kappa shape index (κ3) is 3.07. The van der Waals surface area contributed by atoms with Crippen LogP contribution in [0, 0.1) is 0 Å². The van der Waals surface area contributed by atoms with E-state index in [9.17, 15) is 22.8 Å². The average Bonchev–Trinajstić information content (AvgIpc) is 2.42. The number of carboxylic acid groups (broad SMARTS) is 1. The molecule has 9 nitrogen and oxygen atoms in total. The Hall–Kier alpha value is -2.46. The van der Waals surface area contributed by atoms with E-state index in [1.54, 1.807) is 18.2 Å². The topological polar surface area (TPSA) is 141 Å². The Balaban J connectivity index is 2.09. The van der Waals surface area contributed by atoms with Gasteiger partial charge in [-0.25, -0.2) is 4.31 Å². The molecule has 2 atom stereocenters. The van der Waals surface area contributed by atoms with Crippen LogP contribution >= 0.6 is 0 Å². The van der Waals surface area contributed by atoms with Crippen LogP contribution in [0.5, 0.6) is 0 Å². The number of rotatable bonds is 5. The largest absolute Gasteiger partial charge is 0.480 e. The molecule has 1 fully saturated rings. The summed E-state index contributed by atoms with van der Waals surface area (Å²) in [6, 6.07) is 6.50. The predicted molar refractivity (Wildman–Crippen MR) is 72.0 cm³/mol. The summed E-state index contributed by atoms with van der Waals surface area (Å²) in [5.74, 6) is -4.88. The monoisotopic (exact) mass is 328 g/mol. The fourth-order valence-corrected chi connectivity index (χ4v) is 2.71. The quantitative estimate of drug-likeness (QED) is 0.357. The number of β-lactam (4-membered cyclic amide) rings is 1. The van der Waals surface area contributed by atoms with E-state index in [4.69, 9.17) is 9.66 Å². The molecule has 1 aliphatic rings. The van der Waals surface area contributed by atoms with E-state index in [1.807, 2.05) is 0 Å². The smallest absolute Gasteiger partial charge is 0.362 e. The van der Waals surface area contributed by atoms with E-state index >= 15 is 0 Å². The molecule has 10 heteroatoms. The maximum absolute atomic E-state index is 12.0. The predicted octanol–water partition coefficient (Wildman–Crippen LogP) is -1.02. The summed E-state index contributed by atoms with van der Waals surface area (Å²) >= 11 is 0. The van der Waals surface area contributed by atoms with Gasteiger partial charge >= 0.3 is 16.3 Å². The van der Waals surface area contributed by atoms with Gasteiger partial charge in [0.25, 0.3) is 5.91 Å². The van der Waals surface area contributed by atoms with E-state index < -0.39 is 46.6 Å². The number of nitrogens with one attached hydrogen (secondary N) is 1. The lowest BCUT2D eigenvalue weighted by Crippen LogP contribution is -2.65. The van der Waals surface area contributed by atoms with Crippen LogP contribution in [0.2, 0.25) is 0 Å². The summed E-state index contributed by atoms with van der Waals surface area (Å²) < 4.78 is 30.4. The maximum Gasteiger partial charge on any atom is 0.362 e. The Morgan fingerprint density at radius 3 is 2.32 bits per heavy atom. The standard InChI is InChI=1S/C12H12N2O7S/c15-10(9(12(17)18)7-4-2-1-3-5-7)13-8-6-14(11(8)16)22(19,20)21/h1-5,8-9H,6H2,(H,13,15)(H,17,18)(H,19,20,21). The summed E-state index contributed by atoms with van der Waals surface area (Å²) in [6.07, 6.45) is 0. The molecule has 0 aromatic heterocycles. The third-order valence-corrected chi connectivity index (χ3v) is 4.02. The van der Waals surface area contributed by atoms with Crippen molar-refractivity contribution >= 4 is 28.1 Å². The van der Waals surface area contributed by atoms with Gasteiger partial charge in [0.15, 0.2) is 5.92 Å². The molecule has 0 bridgehead atoms. The van der Waals surface area contributed by atoms with Crippen molar-refractivity contribution in [3.8, 4) is 0 Å². The molecule has 1 aromatic carbocycles. The lowest BCUT2D eigenvalue weighted by Gasteiger charge is -2.35. The Labute approximate surface area is 125 Å². The van der Waals surface area contributed by atoms with Gasteiger partial charge in [-0.15, -0.1) is 0 Å². The second kappa shape index (κ2) is 5.73. The van der Waals surface area contributed by atoms with Crippen molar-refractivity contribution in [2.75, 3.05) is 6.54 Å². The number of carbonyl (C=O) groups is 3. The average molecular weight is 328 g/mol. The lowest BCUT2D eigenvalue weighted by atomic mass is 9.97. The van der Waals surface area contributed by atoms with Crippen LogP contribution in [0.15, 0.2) is 30.3 Å². The molecule has 0 saturated carbocycles. The number of hydrogen-bond acceptors (Lipinski definition) is 5. The van der Waals surface area contributed by atoms with Gasteiger partial charge in [-0.1, -0.05) is 30.3 Å². The molecule has 1 aromatic rings. The van der Waals surface area contributed by atoms with Crippen molar-refractivity contribution in [1.29, 1.82) is 0 Å². The lowest BCUT2D eigenvalue weighted by molar-refractivity contribution is -0.147. The minimum atomic E-state index is -4.66. The molecule has 2 rings (SSSR count). The first kappa shape index (κ1) is 15.9. The second-order valence-corrected chi connectivity index (χ2v) is 5.93. The van der Waals surface area contributed by atoms with E-state index in [0.29, 0.717) is 0 Å². The highest BCUT2D eigenvalue weighted by molar-refractivity contribution is 7.84. The molecule has 0 radical (unpaired) electrons. The Kier molecular flexibility index (Phi) is 4.15. The van der Waals surface area contributed by atoms with Gasteiger partial charge in [0.05, 0.1) is 6.54 Å². The van der Waals surface area contributed by atoms with Gasteiger partial charge in [0.2, 0.25) is 5.91 Å². The first-order valence-electron chi connectivity index (χ1n) is 6.09. The second-order valence-electron chi connectivity index (χ2n) is 4.59. The molecule has 0 spiro atoms. The van der Waals surface area contributed by atoms with Gasteiger partial charge in [0.1, 0.15) is 6.04 Å². The summed E-state index contributed by atoms with van der Waals surface area (Å²) in [6.45, 7) is -0.440. The van der Waals surface area contributed by atoms with Crippen LogP contribution < -0.4 is 5.32 Å². The fraction of sp³-hybridized carbons (Fsp3) is 0.250. The van der Waals surface area contributed by atoms with Crippen LogP contribution in [-0.4, -0.2) is 52.8 Å². The molecule has 2 unspecified atom stereocenters. The zero-order valence-corrected chi connectivity index (χ0v) is 11.9. The fourth-order valence-electron chi connectivity index (χ4n) is 2.02. The molecule has 3 N–H and O–H groups in total. The maximum atomic E-state index is 12.0. The zero-order valence-electron chi connectivity index (χ0n) is 11.0. The number of hydrogen-bond donors (Lipinski definition) is 3. The van der Waals surface area contributed by atoms with Gasteiger partial charge in [-0.05, 0) is 5.56 Å². The first-order valence-corrected chi connectivity index (χ1v) is 7.48. The molecule has 0 aliphatic carbocycles. The molecule has 1 saturated heterocycles. The van der Waals surface area contributed by atoms with Crippen LogP contribution in [0.25, 0.3) is 0 Å². The van der Waals surface area contributed by atoms with E-state index in [-0.39, 0.29) is 9.87 Å². The molecular formula is C12H12N2O7S. The summed E-state index contributed by atoms with van der Waals surface area (Å²) in [5, 5.41) is 11.3. The van der Waals surface area contributed by atoms with Crippen molar-refractivity contribution in [1.82, 2.24) is 9.62 Å². The minimum Gasteiger partial charge on any atom is -0.480 e. The Morgan fingerprint density at radius 2 is 1.86 bits per heavy atom. The van der Waals surface area contributed by atoms with Crippen molar-refractivity contribution < 1.29 is 32.5 Å². The van der Waals surface area contributed by atoms with Crippen molar-refractivity contribution in [2.24, 2.45) is 0 Å². The zero-order chi connectivity index (χ0) is 16.5. The van der Waals surface area contributed by atoms with Crippen LogP contribution in [-0.2, 0) is 24.7 Å². The molecule has 1 aliphatic heterocycles. The van der Waals surface area contributed by atoms with Crippen molar-refractivity contribution in [3.63, 3.8) is 0 Å². The van der Waals surface area contributed by atoms with Gasteiger partial charge in [-0.2, -0.15) is 8.42 Å². The normalized spacial score (nSPS) is 19.2. The number of carboxylic acids is 1. The van der Waals surface area contributed by atoms with Gasteiger partial charge in [0, 0.05) is 0 Å². The molecule has 22 heavy (non-hydrogen) atoms. The third-order valence-electron chi connectivity index (χ3n) is 3.13. The minimum absolute atomic E-state index is 0.177. The van der Waals surface area contributed by atoms with E-state index in [1.165, 1.54) is 12.1 Å². The highest BCUT2D eigenvalue weighted by atomic mass is 32.2. The molecule has 1 heterocycles. The Morgan fingerprint density at radius 1 is 1.27 bits per heavy atom. The highest BCUT2D eigenvalue weighted by Gasteiger charge is 2.45. The highest BCUT2D eigenvalue weighted by Crippen LogP contribution is 2.19. The van der Waals surface area contributed by atoms with Crippen LogP contribution in [0.3, 0.4) is 0 Å². The number of amides is 2. The van der Waals surface area contributed by atoms with Crippen molar-refractivity contribution in [2.45, 2.75) is 12.0 Å². The van der Waals surface area contributed by atoms with E-state index in [0.717, 1.165) is 0 Å². The number of nitrogens with zero attached hydrogens (tertiary/aromatic N) is 1. The van der Waals surface area contributed by atoms with Gasteiger partial charge < -0.3 is 10.4 Å². The molecule has 118 valence electrons. The number of aliphatic carboxylic acids is 1. The van der Waals surface area contributed by atoms with Crippen LogP contribution in [0.1, 0.15) is 11.5 Å². The van der Waals surface area contributed by atoms with Crippen molar-refractivity contribution in [3.05, 3.63) is 35.9 Å². The first-order chi connectivity index (χ1) is 10.2. The SMILES string of the molecule is O=C(O)C(C(=O)NC1CN(S(=O)(=O)O)C1=O)c1ccccc1. The summed E-state index contributed by atoms with van der Waals surface area (Å²) in [5.41, 5.74) is 0.228. The molecular weight excluding hydrogens is 316 g/mol. The molecule has 2 amide bonds.